The SMILES string of the molecule is CCCCCc1ccc(C(=O)Nc2ccc(N3CCN(c4ccccc4OC)CC3)c(C(=O)NCCOC)c2)cc1. The Morgan fingerprint density at radius 3 is 2.22 bits per heavy atom. The van der Waals surface area contributed by atoms with Gasteiger partial charge in [-0.15, -0.1) is 0 Å². The summed E-state index contributed by atoms with van der Waals surface area (Å²) < 4.78 is 10.7. The van der Waals surface area contributed by atoms with Gasteiger partial charge < -0.3 is 29.9 Å². The maximum absolute atomic E-state index is 13.3. The maximum Gasteiger partial charge on any atom is 0.255 e. The molecular weight excluding hydrogens is 516 g/mol. The lowest BCUT2D eigenvalue weighted by Crippen LogP contribution is -2.47. The van der Waals surface area contributed by atoms with Gasteiger partial charge in [-0.1, -0.05) is 44.0 Å². The Kier molecular flexibility index (Phi) is 11.0. The molecule has 8 nitrogen and oxygen atoms in total. The standard InChI is InChI=1S/C33H42N4O4/c1-4-5-6-9-25-12-14-26(15-13-25)32(38)35-27-16-17-29(28(24-27)33(39)34-18-23-40-2)36-19-21-37(22-20-36)30-10-7-8-11-31(30)41-3/h7-8,10-17,24H,4-6,9,18-23H2,1-3H3,(H,34,39)(H,35,38). The van der Waals surface area contributed by atoms with E-state index in [1.165, 1.54) is 18.4 Å². The third-order valence-electron chi connectivity index (χ3n) is 7.42. The Balaban J connectivity index is 1.48. The van der Waals surface area contributed by atoms with Crippen LogP contribution in [0.3, 0.4) is 0 Å². The lowest BCUT2D eigenvalue weighted by atomic mass is 10.0. The molecule has 2 N–H and O–H groups in total. The van der Waals surface area contributed by atoms with Crippen molar-refractivity contribution in [2.75, 3.05) is 68.7 Å². The van der Waals surface area contributed by atoms with Crippen molar-refractivity contribution >= 4 is 28.9 Å². The second-order valence-electron chi connectivity index (χ2n) is 10.2. The number of nitrogens with one attached hydrogen (secondary N) is 2. The molecule has 1 heterocycles. The molecular formula is C33H42N4O4. The van der Waals surface area contributed by atoms with Gasteiger partial charge in [-0.25, -0.2) is 0 Å². The second kappa shape index (κ2) is 15.1. The highest BCUT2D eigenvalue weighted by Crippen LogP contribution is 2.31. The van der Waals surface area contributed by atoms with Crippen LogP contribution >= 0.6 is 0 Å². The second-order valence-corrected chi connectivity index (χ2v) is 10.2. The van der Waals surface area contributed by atoms with Crippen molar-refractivity contribution in [3.8, 4) is 5.75 Å². The van der Waals surface area contributed by atoms with Crippen molar-refractivity contribution in [2.45, 2.75) is 32.6 Å². The van der Waals surface area contributed by atoms with Gasteiger partial charge in [0.2, 0.25) is 0 Å². The summed E-state index contributed by atoms with van der Waals surface area (Å²) in [5, 5.41) is 5.92. The Hall–Kier alpha value is -4.04. The predicted octanol–water partition coefficient (Wildman–Crippen LogP) is 5.38. The number of aryl methyl sites for hydroxylation is 1. The molecule has 0 saturated carbocycles. The van der Waals surface area contributed by atoms with Gasteiger partial charge in [-0.3, -0.25) is 9.59 Å². The molecule has 41 heavy (non-hydrogen) atoms. The third kappa shape index (κ3) is 8.01. The highest BCUT2D eigenvalue weighted by Gasteiger charge is 2.24. The summed E-state index contributed by atoms with van der Waals surface area (Å²) in [7, 11) is 3.29. The monoisotopic (exact) mass is 558 g/mol. The van der Waals surface area contributed by atoms with Gasteiger partial charge >= 0.3 is 0 Å². The van der Waals surface area contributed by atoms with Crippen LogP contribution in [0.5, 0.6) is 5.75 Å². The Labute approximate surface area is 243 Å². The Bertz CT molecular complexity index is 1290. The van der Waals surface area contributed by atoms with E-state index in [-0.39, 0.29) is 11.8 Å². The zero-order chi connectivity index (χ0) is 29.0. The summed E-state index contributed by atoms with van der Waals surface area (Å²) in [6, 6.07) is 21.4. The highest BCUT2D eigenvalue weighted by atomic mass is 16.5. The molecule has 0 aromatic heterocycles. The number of piperazine rings is 1. The number of para-hydroxylation sites is 2. The van der Waals surface area contributed by atoms with Crippen molar-refractivity contribution in [1.82, 2.24) is 5.32 Å². The number of anilines is 3. The molecule has 1 saturated heterocycles. The Morgan fingerprint density at radius 1 is 0.829 bits per heavy atom. The molecule has 0 bridgehead atoms. The van der Waals surface area contributed by atoms with Crippen LogP contribution in [0.1, 0.15) is 52.5 Å². The molecule has 1 aliphatic rings. The van der Waals surface area contributed by atoms with E-state index in [2.05, 4.69) is 33.4 Å². The molecule has 4 rings (SSSR count). The summed E-state index contributed by atoms with van der Waals surface area (Å²) in [5.74, 6) is 0.455. The van der Waals surface area contributed by atoms with Crippen molar-refractivity contribution in [2.24, 2.45) is 0 Å². The number of hydrogen-bond donors (Lipinski definition) is 2. The average molecular weight is 559 g/mol. The summed E-state index contributed by atoms with van der Waals surface area (Å²) in [6.07, 6.45) is 4.56. The van der Waals surface area contributed by atoms with Crippen LogP contribution in [0.2, 0.25) is 0 Å². The minimum absolute atomic E-state index is 0.197. The molecule has 0 aliphatic carbocycles. The number of rotatable bonds is 13. The summed E-state index contributed by atoms with van der Waals surface area (Å²) in [4.78, 5) is 30.8. The van der Waals surface area contributed by atoms with Gasteiger partial charge in [-0.05, 0) is 60.9 Å². The van der Waals surface area contributed by atoms with E-state index in [1.54, 1.807) is 20.3 Å². The molecule has 3 aromatic rings. The van der Waals surface area contributed by atoms with E-state index in [4.69, 9.17) is 9.47 Å². The van der Waals surface area contributed by atoms with Crippen LogP contribution in [0.15, 0.2) is 66.7 Å². The van der Waals surface area contributed by atoms with Gasteiger partial charge in [-0.2, -0.15) is 0 Å². The number of nitrogens with zero attached hydrogens (tertiary/aromatic N) is 2. The lowest BCUT2D eigenvalue weighted by molar-refractivity contribution is 0.0936. The fraction of sp³-hybridized carbons (Fsp3) is 0.394. The van der Waals surface area contributed by atoms with Gasteiger partial charge in [0.15, 0.2) is 0 Å². The van der Waals surface area contributed by atoms with E-state index >= 15 is 0 Å². The first-order valence-electron chi connectivity index (χ1n) is 14.5. The van der Waals surface area contributed by atoms with E-state index in [0.29, 0.717) is 30.0 Å². The molecule has 1 aliphatic heterocycles. The first-order valence-corrected chi connectivity index (χ1v) is 14.5. The van der Waals surface area contributed by atoms with Gasteiger partial charge in [0.05, 0.1) is 25.0 Å². The van der Waals surface area contributed by atoms with Crippen molar-refractivity contribution in [3.05, 3.63) is 83.4 Å². The summed E-state index contributed by atoms with van der Waals surface area (Å²) in [5.41, 5.74) is 4.84. The molecule has 0 atom stereocenters. The number of unbranched alkanes of at least 4 members (excludes halogenated alkanes) is 2. The van der Waals surface area contributed by atoms with Crippen LogP contribution in [0, 0.1) is 0 Å². The van der Waals surface area contributed by atoms with Crippen LogP contribution in [0.25, 0.3) is 0 Å². The zero-order valence-electron chi connectivity index (χ0n) is 24.4. The van der Waals surface area contributed by atoms with Crippen molar-refractivity contribution < 1.29 is 19.1 Å². The van der Waals surface area contributed by atoms with E-state index < -0.39 is 0 Å². The number of carbonyl (C=O) groups is 2. The van der Waals surface area contributed by atoms with Crippen LogP contribution in [-0.4, -0.2) is 65.4 Å². The molecule has 0 spiro atoms. The minimum Gasteiger partial charge on any atom is -0.495 e. The van der Waals surface area contributed by atoms with Crippen LogP contribution in [-0.2, 0) is 11.2 Å². The molecule has 218 valence electrons. The average Bonchev–Trinajstić information content (AvgIpc) is 3.01. The van der Waals surface area contributed by atoms with Gasteiger partial charge in [0, 0.05) is 56.8 Å². The van der Waals surface area contributed by atoms with Crippen LogP contribution < -0.4 is 25.2 Å². The largest absolute Gasteiger partial charge is 0.495 e. The van der Waals surface area contributed by atoms with Crippen molar-refractivity contribution in [1.29, 1.82) is 0 Å². The van der Waals surface area contributed by atoms with E-state index in [1.807, 2.05) is 54.6 Å². The fourth-order valence-corrected chi connectivity index (χ4v) is 5.12. The molecule has 8 heteroatoms. The number of benzene rings is 3. The van der Waals surface area contributed by atoms with Crippen molar-refractivity contribution in [3.63, 3.8) is 0 Å². The van der Waals surface area contributed by atoms with E-state index in [9.17, 15) is 9.59 Å². The topological polar surface area (TPSA) is 83.1 Å². The summed E-state index contributed by atoms with van der Waals surface area (Å²) >= 11 is 0. The van der Waals surface area contributed by atoms with Gasteiger partial charge in [0.1, 0.15) is 5.75 Å². The Morgan fingerprint density at radius 2 is 1.54 bits per heavy atom. The normalized spacial score (nSPS) is 13.1. The minimum atomic E-state index is -0.200. The molecule has 1 fully saturated rings. The van der Waals surface area contributed by atoms with Gasteiger partial charge in [0.25, 0.3) is 11.8 Å². The lowest BCUT2D eigenvalue weighted by Gasteiger charge is -2.38. The quantitative estimate of drug-likeness (QED) is 0.274. The van der Waals surface area contributed by atoms with Crippen LogP contribution in [0.4, 0.5) is 17.1 Å². The van der Waals surface area contributed by atoms with E-state index in [0.717, 1.165) is 56.1 Å². The highest BCUT2D eigenvalue weighted by molar-refractivity contribution is 6.06. The maximum atomic E-state index is 13.3. The first-order chi connectivity index (χ1) is 20.0. The molecule has 3 aromatic carbocycles. The number of methoxy groups -OCH3 is 2. The number of hydrogen-bond acceptors (Lipinski definition) is 6. The fourth-order valence-electron chi connectivity index (χ4n) is 5.12. The number of ether oxygens (including phenoxy) is 2. The number of amides is 2. The smallest absolute Gasteiger partial charge is 0.255 e. The predicted molar refractivity (Wildman–Crippen MR) is 166 cm³/mol. The zero-order valence-corrected chi connectivity index (χ0v) is 24.4. The number of carbonyl (C=O) groups excluding carboxylic acids is 2. The first kappa shape index (κ1) is 29.9. The molecule has 0 radical (unpaired) electrons. The summed E-state index contributed by atoms with van der Waals surface area (Å²) in [6.45, 7) is 6.08. The molecule has 2 amide bonds. The third-order valence-corrected chi connectivity index (χ3v) is 7.42. The molecule has 0 unspecified atom stereocenters.